The molecule has 1 N–H and O–H groups in total. The Morgan fingerprint density at radius 1 is 1.22 bits per heavy atom. The average molecular weight is 247 g/mol. The van der Waals surface area contributed by atoms with Crippen LogP contribution in [-0.4, -0.2) is 15.8 Å². The lowest BCUT2D eigenvalue weighted by Crippen LogP contribution is -2.09. The van der Waals surface area contributed by atoms with Crippen LogP contribution in [0.2, 0.25) is 0 Å². The lowest BCUT2D eigenvalue weighted by atomic mass is 10.2. The number of benzene rings is 1. The van der Waals surface area contributed by atoms with Gasteiger partial charge in [0.05, 0.1) is 18.2 Å². The second-order valence-corrected chi connectivity index (χ2v) is 5.17. The molecule has 0 radical (unpaired) electrons. The predicted molar refractivity (Wildman–Crippen MR) is 73.9 cm³/mol. The molecule has 2 rings (SSSR count). The number of nitrogens with zero attached hydrogens (tertiary/aromatic N) is 1. The molecule has 3 nitrogen and oxygen atoms in total. The van der Waals surface area contributed by atoms with E-state index in [-0.39, 0.29) is 6.10 Å². The van der Waals surface area contributed by atoms with Gasteiger partial charge in [0.15, 0.2) is 0 Å². The molecule has 0 atom stereocenters. The standard InChI is InChI=1S/C15H21NO2/c1-10(2)16-13(9-18-11(3)4)8-12-6-5-7-14(17)15(12)16/h5-8,10-11,17H,9H2,1-4H3. The summed E-state index contributed by atoms with van der Waals surface area (Å²) in [6.45, 7) is 8.86. The van der Waals surface area contributed by atoms with Crippen LogP contribution in [0.1, 0.15) is 39.4 Å². The maximum atomic E-state index is 10.0. The first-order valence-electron chi connectivity index (χ1n) is 6.44. The van der Waals surface area contributed by atoms with Crippen LogP contribution in [0.15, 0.2) is 24.3 Å². The fourth-order valence-electron chi connectivity index (χ4n) is 2.27. The number of phenolic OH excluding ortho intramolecular Hbond substituents is 1. The number of para-hydroxylation sites is 1. The molecule has 0 aliphatic rings. The topological polar surface area (TPSA) is 34.4 Å². The molecule has 0 aliphatic carbocycles. The molecule has 0 unspecified atom stereocenters. The molecule has 0 fully saturated rings. The lowest BCUT2D eigenvalue weighted by Gasteiger charge is -2.16. The van der Waals surface area contributed by atoms with Crippen LogP contribution >= 0.6 is 0 Å². The van der Waals surface area contributed by atoms with Crippen molar-refractivity contribution >= 4 is 10.9 Å². The number of rotatable bonds is 4. The molecule has 1 aromatic heterocycles. The summed E-state index contributed by atoms with van der Waals surface area (Å²) < 4.78 is 7.83. The highest BCUT2D eigenvalue weighted by molar-refractivity contribution is 5.86. The van der Waals surface area contributed by atoms with E-state index in [1.165, 1.54) is 0 Å². The van der Waals surface area contributed by atoms with E-state index >= 15 is 0 Å². The molecule has 1 aromatic carbocycles. The third-order valence-electron chi connectivity index (χ3n) is 3.00. The quantitative estimate of drug-likeness (QED) is 0.890. The number of aromatic hydroxyl groups is 1. The fraction of sp³-hybridized carbons (Fsp3) is 0.467. The number of hydrogen-bond donors (Lipinski definition) is 1. The van der Waals surface area contributed by atoms with Crippen molar-refractivity contribution in [3.63, 3.8) is 0 Å². The number of hydrogen-bond acceptors (Lipinski definition) is 2. The van der Waals surface area contributed by atoms with Gasteiger partial charge in [-0.05, 0) is 39.8 Å². The molecule has 2 aromatic rings. The Labute approximate surface area is 108 Å². The van der Waals surface area contributed by atoms with Crippen molar-refractivity contribution < 1.29 is 9.84 Å². The number of phenols is 1. The van der Waals surface area contributed by atoms with Crippen molar-refractivity contribution in [3.05, 3.63) is 30.0 Å². The maximum Gasteiger partial charge on any atom is 0.139 e. The number of ether oxygens (including phenoxy) is 1. The minimum atomic E-state index is 0.206. The van der Waals surface area contributed by atoms with Gasteiger partial charge in [-0.2, -0.15) is 0 Å². The summed E-state index contributed by atoms with van der Waals surface area (Å²) in [4.78, 5) is 0. The van der Waals surface area contributed by atoms with E-state index in [1.54, 1.807) is 6.07 Å². The summed E-state index contributed by atoms with van der Waals surface area (Å²) in [5, 5.41) is 11.1. The number of aromatic nitrogens is 1. The van der Waals surface area contributed by atoms with Crippen LogP contribution in [0.25, 0.3) is 10.9 Å². The zero-order chi connectivity index (χ0) is 13.3. The Morgan fingerprint density at radius 3 is 2.56 bits per heavy atom. The third kappa shape index (κ3) is 2.36. The highest BCUT2D eigenvalue weighted by Gasteiger charge is 2.14. The van der Waals surface area contributed by atoms with Crippen LogP contribution in [0, 0.1) is 0 Å². The van der Waals surface area contributed by atoms with Crippen LogP contribution in [-0.2, 0) is 11.3 Å². The summed E-state index contributed by atoms with van der Waals surface area (Å²) in [6, 6.07) is 8.01. The second kappa shape index (κ2) is 5.02. The van der Waals surface area contributed by atoms with Gasteiger partial charge in [0.25, 0.3) is 0 Å². The van der Waals surface area contributed by atoms with Crippen LogP contribution in [0.4, 0.5) is 0 Å². The van der Waals surface area contributed by atoms with Crippen molar-refractivity contribution in [2.24, 2.45) is 0 Å². The largest absolute Gasteiger partial charge is 0.506 e. The first-order valence-corrected chi connectivity index (χ1v) is 6.44. The minimum absolute atomic E-state index is 0.206. The monoisotopic (exact) mass is 247 g/mol. The zero-order valence-electron chi connectivity index (χ0n) is 11.5. The van der Waals surface area contributed by atoms with Gasteiger partial charge in [-0.3, -0.25) is 0 Å². The first-order chi connectivity index (χ1) is 8.50. The van der Waals surface area contributed by atoms with Crippen molar-refractivity contribution in [2.75, 3.05) is 0 Å². The van der Waals surface area contributed by atoms with Crippen LogP contribution < -0.4 is 0 Å². The molecule has 0 amide bonds. The van der Waals surface area contributed by atoms with E-state index in [4.69, 9.17) is 4.74 Å². The summed E-state index contributed by atoms with van der Waals surface area (Å²) in [5.41, 5.74) is 2.00. The van der Waals surface area contributed by atoms with Crippen LogP contribution in [0.5, 0.6) is 5.75 Å². The lowest BCUT2D eigenvalue weighted by molar-refractivity contribution is 0.0615. The van der Waals surface area contributed by atoms with Gasteiger partial charge in [0, 0.05) is 17.1 Å². The van der Waals surface area contributed by atoms with E-state index in [1.807, 2.05) is 26.0 Å². The van der Waals surface area contributed by atoms with E-state index in [9.17, 15) is 5.11 Å². The van der Waals surface area contributed by atoms with Crippen molar-refractivity contribution in [2.45, 2.75) is 46.4 Å². The van der Waals surface area contributed by atoms with Gasteiger partial charge in [-0.15, -0.1) is 0 Å². The maximum absolute atomic E-state index is 10.0. The van der Waals surface area contributed by atoms with E-state index in [0.717, 1.165) is 16.6 Å². The molecule has 0 saturated heterocycles. The molecule has 98 valence electrons. The molecule has 18 heavy (non-hydrogen) atoms. The van der Waals surface area contributed by atoms with Crippen molar-refractivity contribution in [3.8, 4) is 5.75 Å². The Bertz CT molecular complexity index is 541. The fourth-order valence-corrected chi connectivity index (χ4v) is 2.27. The minimum Gasteiger partial charge on any atom is -0.506 e. The predicted octanol–water partition coefficient (Wildman–Crippen LogP) is 3.85. The Kier molecular flexibility index (Phi) is 3.62. The molecule has 1 heterocycles. The van der Waals surface area contributed by atoms with E-state index in [0.29, 0.717) is 18.4 Å². The second-order valence-electron chi connectivity index (χ2n) is 5.17. The van der Waals surface area contributed by atoms with Gasteiger partial charge in [-0.1, -0.05) is 12.1 Å². The van der Waals surface area contributed by atoms with Gasteiger partial charge >= 0.3 is 0 Å². The molecule has 0 aliphatic heterocycles. The van der Waals surface area contributed by atoms with Gasteiger partial charge < -0.3 is 14.4 Å². The summed E-state index contributed by atoms with van der Waals surface area (Å²) in [7, 11) is 0. The smallest absolute Gasteiger partial charge is 0.139 e. The van der Waals surface area contributed by atoms with Crippen LogP contribution in [0.3, 0.4) is 0 Å². The average Bonchev–Trinajstić information content (AvgIpc) is 2.66. The summed E-state index contributed by atoms with van der Waals surface area (Å²) in [5.74, 6) is 0.331. The Morgan fingerprint density at radius 2 is 1.94 bits per heavy atom. The normalized spacial score (nSPS) is 11.9. The van der Waals surface area contributed by atoms with Crippen molar-refractivity contribution in [1.29, 1.82) is 0 Å². The van der Waals surface area contributed by atoms with Crippen molar-refractivity contribution in [1.82, 2.24) is 4.57 Å². The SMILES string of the molecule is CC(C)OCc1cc2cccc(O)c2n1C(C)C. The summed E-state index contributed by atoms with van der Waals surface area (Å²) >= 11 is 0. The molecule has 0 saturated carbocycles. The Hall–Kier alpha value is -1.48. The molecule has 0 bridgehead atoms. The zero-order valence-corrected chi connectivity index (χ0v) is 11.5. The number of fused-ring (bicyclic) bond motifs is 1. The third-order valence-corrected chi connectivity index (χ3v) is 3.00. The summed E-state index contributed by atoms with van der Waals surface area (Å²) in [6.07, 6.45) is 0.206. The van der Waals surface area contributed by atoms with E-state index < -0.39 is 0 Å². The van der Waals surface area contributed by atoms with E-state index in [2.05, 4.69) is 24.5 Å². The Balaban J connectivity index is 2.52. The van der Waals surface area contributed by atoms with Gasteiger partial charge in [-0.25, -0.2) is 0 Å². The molecular weight excluding hydrogens is 226 g/mol. The highest BCUT2D eigenvalue weighted by Crippen LogP contribution is 2.31. The molecular formula is C15H21NO2. The van der Waals surface area contributed by atoms with Gasteiger partial charge in [0.2, 0.25) is 0 Å². The highest BCUT2D eigenvalue weighted by atomic mass is 16.5. The molecule has 0 spiro atoms. The van der Waals surface area contributed by atoms with Gasteiger partial charge in [0.1, 0.15) is 5.75 Å². The molecule has 3 heteroatoms. The first kappa shape index (κ1) is 13.0.